The summed E-state index contributed by atoms with van der Waals surface area (Å²) in [6, 6.07) is 27.4. The molecule has 0 saturated carbocycles. The molecule has 0 saturated heterocycles. The van der Waals surface area contributed by atoms with Gasteiger partial charge in [-0.15, -0.1) is 0 Å². The van der Waals surface area contributed by atoms with Crippen LogP contribution >= 0.6 is 0 Å². The van der Waals surface area contributed by atoms with Crippen LogP contribution in [0.15, 0.2) is 113 Å². The fourth-order valence-corrected chi connectivity index (χ4v) is 8.70. The first kappa shape index (κ1) is 28.1. The van der Waals surface area contributed by atoms with E-state index in [4.69, 9.17) is 0 Å². The molecule has 7 aromatic carbocycles. The van der Waals surface area contributed by atoms with Crippen molar-refractivity contribution in [3.05, 3.63) is 135 Å². The normalized spacial score (nSPS) is 12.6. The fourth-order valence-electron chi connectivity index (χ4n) is 8.70. The Balaban J connectivity index is 1.52. The van der Waals surface area contributed by atoms with Crippen LogP contribution in [0.5, 0.6) is 0 Å². The molecular weight excluding hydrogens is 603 g/mol. The molecule has 0 unspecified atom stereocenters. The molecule has 0 N–H and O–H groups in total. The number of rotatable bonds is 5. The summed E-state index contributed by atoms with van der Waals surface area (Å²) in [7, 11) is 0. The second kappa shape index (κ2) is 9.80. The maximum absolute atomic E-state index is 15.2. The first-order valence-electron chi connectivity index (χ1n) is 17.0. The molecular formula is C44H31N3O2. The Morgan fingerprint density at radius 1 is 0.490 bits per heavy atom. The van der Waals surface area contributed by atoms with E-state index in [1.807, 2.05) is 30.3 Å². The minimum Gasteiger partial charge on any atom is -0.268 e. The number of hydrogen-bond donors (Lipinski definition) is 0. The van der Waals surface area contributed by atoms with Gasteiger partial charge < -0.3 is 0 Å². The van der Waals surface area contributed by atoms with Gasteiger partial charge in [0.25, 0.3) is 11.1 Å². The summed E-state index contributed by atoms with van der Waals surface area (Å²) in [5.41, 5.74) is 6.29. The van der Waals surface area contributed by atoms with Gasteiger partial charge in [0.1, 0.15) is 0 Å². The third-order valence-electron chi connectivity index (χ3n) is 10.8. The average molecular weight is 634 g/mol. The summed E-state index contributed by atoms with van der Waals surface area (Å²) in [4.78, 5) is 39.0. The monoisotopic (exact) mass is 633 g/mol. The van der Waals surface area contributed by atoms with Gasteiger partial charge in [-0.3, -0.25) is 19.6 Å². The highest BCUT2D eigenvalue weighted by atomic mass is 16.2. The van der Waals surface area contributed by atoms with Gasteiger partial charge in [0.15, 0.2) is 0 Å². The van der Waals surface area contributed by atoms with Crippen molar-refractivity contribution < 1.29 is 0 Å². The highest BCUT2D eigenvalue weighted by molar-refractivity contribution is 6.50. The molecule has 0 atom stereocenters. The van der Waals surface area contributed by atoms with Gasteiger partial charge in [-0.2, -0.15) is 0 Å². The molecule has 49 heavy (non-hydrogen) atoms. The number of para-hydroxylation sites is 1. The highest BCUT2D eigenvalue weighted by Crippen LogP contribution is 2.53. The van der Waals surface area contributed by atoms with Crippen LogP contribution in [0, 0.1) is 0 Å². The second-order valence-corrected chi connectivity index (χ2v) is 14.0. The van der Waals surface area contributed by atoms with Gasteiger partial charge >= 0.3 is 0 Å². The van der Waals surface area contributed by atoms with Crippen LogP contribution in [0.4, 0.5) is 0 Å². The maximum atomic E-state index is 15.2. The van der Waals surface area contributed by atoms with Crippen molar-refractivity contribution in [3.8, 4) is 27.9 Å². The molecule has 0 bridgehead atoms. The molecule has 0 fully saturated rings. The Bertz CT molecular complexity index is 2820. The summed E-state index contributed by atoms with van der Waals surface area (Å²) in [6.45, 7) is 8.49. The van der Waals surface area contributed by atoms with E-state index in [-0.39, 0.29) is 23.0 Å². The van der Waals surface area contributed by atoms with E-state index < -0.39 is 0 Å². The molecule has 0 spiro atoms. The van der Waals surface area contributed by atoms with Crippen LogP contribution in [-0.2, 0) is 0 Å². The lowest BCUT2D eigenvalue weighted by Gasteiger charge is -2.19. The smallest absolute Gasteiger partial charge is 0.266 e. The molecule has 10 rings (SSSR count). The average Bonchev–Trinajstić information content (AvgIpc) is 3.62. The van der Waals surface area contributed by atoms with E-state index in [0.29, 0.717) is 10.8 Å². The van der Waals surface area contributed by atoms with Crippen LogP contribution in [0.3, 0.4) is 0 Å². The Morgan fingerprint density at radius 3 is 1.35 bits per heavy atom. The maximum Gasteiger partial charge on any atom is 0.266 e. The van der Waals surface area contributed by atoms with Crippen LogP contribution < -0.4 is 11.1 Å². The SMILES string of the molecule is CC(C)c1cccc(C(C)C)c1-n1c(=O)c2c3cc(-c4ccncc4)c4ccc5ccc6c(-c7ccncc7)cc(c2c1=O)c1c6c5c4c31. The number of fused-ring (bicyclic) bond motifs is 3. The zero-order valence-corrected chi connectivity index (χ0v) is 27.6. The zero-order valence-electron chi connectivity index (χ0n) is 27.6. The third-order valence-corrected chi connectivity index (χ3v) is 10.8. The number of pyridine rings is 2. The summed E-state index contributed by atoms with van der Waals surface area (Å²) >= 11 is 0. The van der Waals surface area contributed by atoms with Crippen LogP contribution in [0.1, 0.15) is 50.7 Å². The Morgan fingerprint density at radius 2 is 0.918 bits per heavy atom. The summed E-state index contributed by atoms with van der Waals surface area (Å²) in [6.07, 6.45) is 7.22. The van der Waals surface area contributed by atoms with E-state index in [1.54, 1.807) is 24.8 Å². The van der Waals surface area contributed by atoms with E-state index in [2.05, 4.69) is 86.2 Å². The summed E-state index contributed by atoms with van der Waals surface area (Å²) in [5.74, 6) is 0.233. The molecule has 5 nitrogen and oxygen atoms in total. The van der Waals surface area contributed by atoms with Crippen LogP contribution in [0.25, 0.3) is 92.6 Å². The van der Waals surface area contributed by atoms with Crippen molar-refractivity contribution in [1.82, 2.24) is 14.5 Å². The molecule has 3 aromatic heterocycles. The zero-order chi connectivity index (χ0) is 33.3. The van der Waals surface area contributed by atoms with Crippen molar-refractivity contribution in [3.63, 3.8) is 0 Å². The molecule has 0 aliphatic heterocycles. The Labute approximate surface area is 281 Å². The number of hydrogen-bond acceptors (Lipinski definition) is 4. The lowest BCUT2D eigenvalue weighted by atomic mass is 9.89. The fraction of sp³-hybridized carbons (Fsp3) is 0.136. The van der Waals surface area contributed by atoms with Crippen molar-refractivity contribution in [2.24, 2.45) is 0 Å². The van der Waals surface area contributed by atoms with Gasteiger partial charge in [-0.1, -0.05) is 70.2 Å². The molecule has 0 radical (unpaired) electrons. The molecule has 10 aromatic rings. The lowest BCUT2D eigenvalue weighted by Crippen LogP contribution is -2.26. The minimum absolute atomic E-state index is 0.116. The van der Waals surface area contributed by atoms with Crippen molar-refractivity contribution in [2.45, 2.75) is 39.5 Å². The number of nitrogens with zero attached hydrogens (tertiary/aromatic N) is 3. The molecule has 0 amide bonds. The van der Waals surface area contributed by atoms with Crippen LogP contribution in [0.2, 0.25) is 0 Å². The van der Waals surface area contributed by atoms with E-state index in [1.165, 1.54) is 9.95 Å². The first-order chi connectivity index (χ1) is 23.8. The predicted octanol–water partition coefficient (Wildman–Crippen LogP) is 10.2. The summed E-state index contributed by atoms with van der Waals surface area (Å²) < 4.78 is 1.49. The van der Waals surface area contributed by atoms with Crippen molar-refractivity contribution in [1.29, 1.82) is 0 Å². The van der Waals surface area contributed by atoms with Gasteiger partial charge in [0.2, 0.25) is 0 Å². The topological polar surface area (TPSA) is 64.8 Å². The second-order valence-electron chi connectivity index (χ2n) is 14.0. The van der Waals surface area contributed by atoms with Crippen molar-refractivity contribution in [2.75, 3.05) is 0 Å². The third kappa shape index (κ3) is 3.54. The van der Waals surface area contributed by atoms with Crippen molar-refractivity contribution >= 4 is 64.6 Å². The van der Waals surface area contributed by atoms with Gasteiger partial charge in [-0.25, -0.2) is 4.57 Å². The molecule has 0 aliphatic rings. The van der Waals surface area contributed by atoms with Crippen LogP contribution in [-0.4, -0.2) is 14.5 Å². The Kier molecular flexibility index (Phi) is 5.62. The number of aromatic nitrogens is 3. The molecule has 3 heterocycles. The van der Waals surface area contributed by atoms with E-state index in [0.717, 1.165) is 87.5 Å². The quantitative estimate of drug-likeness (QED) is 0.177. The van der Waals surface area contributed by atoms with Gasteiger partial charge in [-0.05, 0) is 135 Å². The van der Waals surface area contributed by atoms with Gasteiger partial charge in [0.05, 0.1) is 16.5 Å². The predicted molar refractivity (Wildman–Crippen MR) is 203 cm³/mol. The molecule has 234 valence electrons. The minimum atomic E-state index is -0.259. The molecule has 0 aliphatic carbocycles. The highest BCUT2D eigenvalue weighted by Gasteiger charge is 2.30. The van der Waals surface area contributed by atoms with E-state index >= 15 is 9.59 Å². The largest absolute Gasteiger partial charge is 0.268 e. The first-order valence-corrected chi connectivity index (χ1v) is 17.0. The van der Waals surface area contributed by atoms with Gasteiger partial charge in [0, 0.05) is 24.8 Å². The Hall–Kier alpha value is -5.94. The molecule has 5 heteroatoms. The number of benzene rings is 6. The van der Waals surface area contributed by atoms with E-state index in [9.17, 15) is 0 Å². The lowest BCUT2D eigenvalue weighted by molar-refractivity contribution is 0.796. The summed E-state index contributed by atoms with van der Waals surface area (Å²) in [5, 5.41) is 11.6. The standard InChI is InChI=1S/C44H31N3O2/c1-22(2)27-6-5-7-28(23(3)4)42(27)47-43(48)40-33-20-31(24-12-16-45-17-13-24)29-10-8-26-9-11-30-32(25-14-18-46-19-15-25)21-34(41(40)44(47)49)39-37(30)35(26)36(29)38(33)39/h5-23H,1-4H3.